The third-order valence-corrected chi connectivity index (χ3v) is 4.80. The SMILES string of the molecule is Cc1sc(C2OCCC2CO)cc1Br. The molecule has 2 atom stereocenters. The van der Waals surface area contributed by atoms with Gasteiger partial charge in [0, 0.05) is 33.4 Å². The molecule has 2 rings (SSSR count). The number of ether oxygens (including phenoxy) is 1. The monoisotopic (exact) mass is 276 g/mol. The standard InChI is InChI=1S/C10H13BrO2S/c1-6-8(11)4-9(14-6)10-7(5-12)2-3-13-10/h4,7,10,12H,2-3,5H2,1H3. The first-order valence-corrected chi connectivity index (χ1v) is 6.31. The molecule has 2 heterocycles. The molecule has 14 heavy (non-hydrogen) atoms. The maximum absolute atomic E-state index is 9.19. The van der Waals surface area contributed by atoms with E-state index >= 15 is 0 Å². The van der Waals surface area contributed by atoms with Gasteiger partial charge in [0.25, 0.3) is 0 Å². The molecule has 1 aromatic heterocycles. The second kappa shape index (κ2) is 4.31. The molecule has 0 bridgehead atoms. The Bertz CT molecular complexity index is 304. The highest BCUT2D eigenvalue weighted by Gasteiger charge is 2.30. The van der Waals surface area contributed by atoms with Crippen molar-refractivity contribution in [3.63, 3.8) is 0 Å². The third-order valence-electron chi connectivity index (χ3n) is 2.61. The van der Waals surface area contributed by atoms with Crippen LogP contribution in [0.1, 0.15) is 22.3 Å². The van der Waals surface area contributed by atoms with Crippen LogP contribution >= 0.6 is 27.3 Å². The summed E-state index contributed by atoms with van der Waals surface area (Å²) in [6, 6.07) is 2.11. The zero-order valence-electron chi connectivity index (χ0n) is 8.00. The first kappa shape index (κ1) is 10.6. The number of thiophene rings is 1. The summed E-state index contributed by atoms with van der Waals surface area (Å²) in [6.45, 7) is 3.07. The van der Waals surface area contributed by atoms with Crippen molar-refractivity contribution >= 4 is 27.3 Å². The predicted molar refractivity (Wildman–Crippen MR) is 60.6 cm³/mol. The summed E-state index contributed by atoms with van der Waals surface area (Å²) in [7, 11) is 0. The van der Waals surface area contributed by atoms with Crippen molar-refractivity contribution in [2.24, 2.45) is 5.92 Å². The Labute approximate surface area is 96.0 Å². The van der Waals surface area contributed by atoms with Crippen molar-refractivity contribution in [3.05, 3.63) is 20.3 Å². The lowest BCUT2D eigenvalue weighted by molar-refractivity contribution is 0.0747. The number of aryl methyl sites for hydroxylation is 1. The lowest BCUT2D eigenvalue weighted by Gasteiger charge is -2.13. The summed E-state index contributed by atoms with van der Waals surface area (Å²) in [5.74, 6) is 0.278. The summed E-state index contributed by atoms with van der Waals surface area (Å²) in [5, 5.41) is 9.19. The second-order valence-corrected chi connectivity index (χ2v) is 5.72. The lowest BCUT2D eigenvalue weighted by Crippen LogP contribution is -2.09. The van der Waals surface area contributed by atoms with E-state index in [1.54, 1.807) is 11.3 Å². The van der Waals surface area contributed by atoms with Gasteiger partial charge in [-0.15, -0.1) is 11.3 Å². The topological polar surface area (TPSA) is 29.5 Å². The largest absolute Gasteiger partial charge is 0.396 e. The molecule has 1 N–H and O–H groups in total. The first-order chi connectivity index (χ1) is 6.72. The maximum atomic E-state index is 9.19. The number of hydrogen-bond acceptors (Lipinski definition) is 3. The quantitative estimate of drug-likeness (QED) is 0.900. The van der Waals surface area contributed by atoms with Crippen LogP contribution < -0.4 is 0 Å². The van der Waals surface area contributed by atoms with Crippen molar-refractivity contribution in [2.75, 3.05) is 13.2 Å². The van der Waals surface area contributed by atoms with E-state index in [2.05, 4.69) is 28.9 Å². The second-order valence-electron chi connectivity index (χ2n) is 3.58. The van der Waals surface area contributed by atoms with Crippen molar-refractivity contribution in [3.8, 4) is 0 Å². The molecule has 0 radical (unpaired) electrons. The van der Waals surface area contributed by atoms with Crippen LogP contribution in [0.2, 0.25) is 0 Å². The molecule has 1 aliphatic rings. The summed E-state index contributed by atoms with van der Waals surface area (Å²) >= 11 is 5.25. The van der Waals surface area contributed by atoms with E-state index in [4.69, 9.17) is 4.74 Å². The molecular weight excluding hydrogens is 264 g/mol. The Morgan fingerprint density at radius 3 is 3.07 bits per heavy atom. The highest BCUT2D eigenvalue weighted by molar-refractivity contribution is 9.10. The Morgan fingerprint density at radius 2 is 2.50 bits per heavy atom. The molecule has 1 saturated heterocycles. The van der Waals surface area contributed by atoms with Crippen molar-refractivity contribution in [2.45, 2.75) is 19.4 Å². The fraction of sp³-hybridized carbons (Fsp3) is 0.600. The molecule has 4 heteroatoms. The van der Waals surface area contributed by atoms with Crippen LogP contribution in [-0.4, -0.2) is 18.3 Å². The van der Waals surface area contributed by atoms with Crippen LogP contribution in [0, 0.1) is 12.8 Å². The summed E-state index contributed by atoms with van der Waals surface area (Å²) < 4.78 is 6.78. The Hall–Kier alpha value is 0.100. The van der Waals surface area contributed by atoms with E-state index in [9.17, 15) is 5.11 Å². The summed E-state index contributed by atoms with van der Waals surface area (Å²) in [6.07, 6.45) is 1.07. The molecule has 0 saturated carbocycles. The zero-order valence-corrected chi connectivity index (χ0v) is 10.4. The van der Waals surface area contributed by atoms with E-state index in [0.717, 1.165) is 17.5 Å². The van der Waals surface area contributed by atoms with Gasteiger partial charge < -0.3 is 9.84 Å². The van der Waals surface area contributed by atoms with Gasteiger partial charge in [-0.1, -0.05) is 0 Å². The number of aliphatic hydroxyl groups is 1. The lowest BCUT2D eigenvalue weighted by atomic mass is 10.0. The Balaban J connectivity index is 2.21. The minimum absolute atomic E-state index is 0.106. The molecule has 1 aromatic rings. The van der Waals surface area contributed by atoms with Gasteiger partial charge in [0.2, 0.25) is 0 Å². The van der Waals surface area contributed by atoms with E-state index in [1.165, 1.54) is 9.75 Å². The van der Waals surface area contributed by atoms with Crippen LogP contribution in [0.3, 0.4) is 0 Å². The van der Waals surface area contributed by atoms with Gasteiger partial charge in [0.1, 0.15) is 0 Å². The van der Waals surface area contributed by atoms with E-state index < -0.39 is 0 Å². The van der Waals surface area contributed by atoms with Crippen LogP contribution in [0.15, 0.2) is 10.5 Å². The van der Waals surface area contributed by atoms with Crippen molar-refractivity contribution < 1.29 is 9.84 Å². The molecule has 0 aromatic carbocycles. The number of halogens is 1. The zero-order chi connectivity index (χ0) is 10.1. The van der Waals surface area contributed by atoms with Crippen LogP contribution in [0.4, 0.5) is 0 Å². The fourth-order valence-electron chi connectivity index (χ4n) is 1.76. The minimum atomic E-state index is 0.106. The molecular formula is C10H13BrO2S. The number of hydrogen-bond donors (Lipinski definition) is 1. The third kappa shape index (κ3) is 1.89. The van der Waals surface area contributed by atoms with Gasteiger partial charge in [-0.2, -0.15) is 0 Å². The fourth-order valence-corrected chi connectivity index (χ4v) is 3.46. The minimum Gasteiger partial charge on any atom is -0.396 e. The van der Waals surface area contributed by atoms with Gasteiger partial charge in [0.05, 0.1) is 6.10 Å². The smallest absolute Gasteiger partial charge is 0.0967 e. The molecule has 0 aliphatic carbocycles. The van der Waals surface area contributed by atoms with Gasteiger partial charge >= 0.3 is 0 Å². The molecule has 2 nitrogen and oxygen atoms in total. The van der Waals surface area contributed by atoms with Gasteiger partial charge in [0.15, 0.2) is 0 Å². The molecule has 1 fully saturated rings. The van der Waals surface area contributed by atoms with Crippen LogP contribution in [0.5, 0.6) is 0 Å². The molecule has 2 unspecified atom stereocenters. The molecule has 1 aliphatic heterocycles. The molecule has 78 valence electrons. The van der Waals surface area contributed by atoms with Crippen LogP contribution in [-0.2, 0) is 4.74 Å². The van der Waals surface area contributed by atoms with Crippen molar-refractivity contribution in [1.29, 1.82) is 0 Å². The van der Waals surface area contributed by atoms with Gasteiger partial charge in [-0.05, 0) is 35.3 Å². The highest BCUT2D eigenvalue weighted by atomic mass is 79.9. The summed E-state index contributed by atoms with van der Waals surface area (Å²) in [4.78, 5) is 2.50. The normalized spacial score (nSPS) is 27.1. The summed E-state index contributed by atoms with van der Waals surface area (Å²) in [5.41, 5.74) is 0. The van der Waals surface area contributed by atoms with Crippen molar-refractivity contribution in [1.82, 2.24) is 0 Å². The predicted octanol–water partition coefficient (Wildman–Crippen LogP) is 2.89. The van der Waals surface area contributed by atoms with E-state index in [1.807, 2.05) is 0 Å². The average molecular weight is 277 g/mol. The van der Waals surface area contributed by atoms with Gasteiger partial charge in [-0.25, -0.2) is 0 Å². The molecule has 0 spiro atoms. The van der Waals surface area contributed by atoms with E-state index in [-0.39, 0.29) is 18.6 Å². The number of aliphatic hydroxyl groups excluding tert-OH is 1. The Morgan fingerprint density at radius 1 is 1.71 bits per heavy atom. The number of rotatable bonds is 2. The first-order valence-electron chi connectivity index (χ1n) is 4.70. The van der Waals surface area contributed by atoms with E-state index in [0.29, 0.717) is 0 Å². The van der Waals surface area contributed by atoms with Gasteiger partial charge in [-0.3, -0.25) is 0 Å². The van der Waals surface area contributed by atoms with Crippen LogP contribution in [0.25, 0.3) is 0 Å². The maximum Gasteiger partial charge on any atom is 0.0967 e. The molecule has 0 amide bonds. The highest BCUT2D eigenvalue weighted by Crippen LogP contribution is 2.40. The average Bonchev–Trinajstić information content (AvgIpc) is 2.73. The Kier molecular flexibility index (Phi) is 3.27.